The van der Waals surface area contributed by atoms with Gasteiger partial charge >= 0.3 is 0 Å². The van der Waals surface area contributed by atoms with Crippen LogP contribution in [0.3, 0.4) is 0 Å². The zero-order valence-electron chi connectivity index (χ0n) is 17.2. The molecule has 0 spiro atoms. The molecule has 0 aliphatic rings. The van der Waals surface area contributed by atoms with E-state index in [4.69, 9.17) is 0 Å². The molecule has 2 aromatic rings. The molecular formula is C23H30N2O3S. The number of hydrogen-bond acceptors (Lipinski definition) is 3. The van der Waals surface area contributed by atoms with Gasteiger partial charge in [0.15, 0.2) is 0 Å². The predicted molar refractivity (Wildman–Crippen MR) is 119 cm³/mol. The summed E-state index contributed by atoms with van der Waals surface area (Å²) in [6, 6.07) is 15.9. The Kier molecular flexibility index (Phi) is 9.09. The van der Waals surface area contributed by atoms with Crippen molar-refractivity contribution in [1.29, 1.82) is 0 Å². The Labute approximate surface area is 174 Å². The summed E-state index contributed by atoms with van der Waals surface area (Å²) < 4.78 is 27.5. The van der Waals surface area contributed by atoms with E-state index >= 15 is 0 Å². The molecule has 0 unspecified atom stereocenters. The van der Waals surface area contributed by atoms with Gasteiger partial charge in [-0.25, -0.2) is 8.42 Å². The molecule has 2 aromatic carbocycles. The smallest absolute Gasteiger partial charge is 0.248 e. The highest BCUT2D eigenvalue weighted by atomic mass is 32.2. The molecule has 0 aliphatic heterocycles. The van der Waals surface area contributed by atoms with Crippen molar-refractivity contribution in [2.45, 2.75) is 44.4 Å². The van der Waals surface area contributed by atoms with Gasteiger partial charge in [-0.3, -0.25) is 4.79 Å². The van der Waals surface area contributed by atoms with E-state index < -0.39 is 10.0 Å². The van der Waals surface area contributed by atoms with E-state index in [2.05, 4.69) is 5.32 Å². The number of nitrogens with one attached hydrogen (secondary N) is 1. The maximum absolute atomic E-state index is 13.0. The Morgan fingerprint density at radius 3 is 2.07 bits per heavy atom. The minimum atomic E-state index is -3.53. The summed E-state index contributed by atoms with van der Waals surface area (Å²) in [4.78, 5) is 12.3. The molecule has 0 bridgehead atoms. The molecule has 2 rings (SSSR count). The third-order valence-corrected chi connectivity index (χ3v) is 6.42. The number of hydrogen-bond donors (Lipinski definition) is 1. The molecule has 0 heterocycles. The summed E-state index contributed by atoms with van der Waals surface area (Å²) in [5.41, 5.74) is 1.49. The topological polar surface area (TPSA) is 66.5 Å². The quantitative estimate of drug-likeness (QED) is 0.530. The average molecular weight is 415 g/mol. The molecule has 1 N–H and O–H groups in total. The zero-order chi connectivity index (χ0) is 21.1. The highest BCUT2D eigenvalue weighted by molar-refractivity contribution is 7.89. The molecule has 6 heteroatoms. The second-order valence-corrected chi connectivity index (χ2v) is 8.81. The van der Waals surface area contributed by atoms with Crippen molar-refractivity contribution >= 4 is 27.7 Å². The van der Waals surface area contributed by atoms with Crippen LogP contribution in [0.2, 0.25) is 0 Å². The minimum absolute atomic E-state index is 0.252. The Hall–Kier alpha value is -2.44. The molecule has 0 radical (unpaired) electrons. The van der Waals surface area contributed by atoms with Crippen LogP contribution in [0.5, 0.6) is 0 Å². The number of carbonyl (C=O) groups is 1. The number of sulfonamides is 1. The van der Waals surface area contributed by atoms with Crippen molar-refractivity contribution in [2.24, 2.45) is 0 Å². The molecule has 0 fully saturated rings. The van der Waals surface area contributed by atoms with Gasteiger partial charge in [0.25, 0.3) is 0 Å². The van der Waals surface area contributed by atoms with Crippen LogP contribution in [-0.2, 0) is 14.8 Å². The van der Waals surface area contributed by atoms with Crippen molar-refractivity contribution in [2.75, 3.05) is 18.4 Å². The van der Waals surface area contributed by atoms with Gasteiger partial charge in [-0.2, -0.15) is 4.31 Å². The fraction of sp³-hybridized carbons (Fsp3) is 0.348. The maximum Gasteiger partial charge on any atom is 0.248 e. The molecule has 0 saturated heterocycles. The van der Waals surface area contributed by atoms with Crippen molar-refractivity contribution in [3.05, 3.63) is 66.2 Å². The summed E-state index contributed by atoms with van der Waals surface area (Å²) in [6.07, 6.45) is 6.75. The lowest BCUT2D eigenvalue weighted by atomic mass is 10.2. The Balaban J connectivity index is 2.05. The van der Waals surface area contributed by atoms with E-state index in [0.717, 1.165) is 31.2 Å². The van der Waals surface area contributed by atoms with E-state index in [-0.39, 0.29) is 10.8 Å². The van der Waals surface area contributed by atoms with Crippen LogP contribution < -0.4 is 5.32 Å². The number of anilines is 1. The van der Waals surface area contributed by atoms with E-state index in [1.807, 2.05) is 44.2 Å². The number of carbonyl (C=O) groups excluding carboxylic acids is 1. The van der Waals surface area contributed by atoms with E-state index in [0.29, 0.717) is 18.8 Å². The average Bonchev–Trinajstić information content (AvgIpc) is 2.73. The van der Waals surface area contributed by atoms with Crippen LogP contribution in [0.1, 0.15) is 45.1 Å². The van der Waals surface area contributed by atoms with Crippen molar-refractivity contribution in [3.8, 4) is 0 Å². The molecule has 0 saturated carbocycles. The number of rotatable bonds is 11. The molecular weight excluding hydrogens is 384 g/mol. The fourth-order valence-electron chi connectivity index (χ4n) is 2.80. The molecule has 29 heavy (non-hydrogen) atoms. The van der Waals surface area contributed by atoms with Gasteiger partial charge in [-0.05, 0) is 48.7 Å². The van der Waals surface area contributed by atoms with Crippen LogP contribution in [-0.4, -0.2) is 31.7 Å². The third-order valence-electron chi connectivity index (χ3n) is 4.51. The molecule has 1 amide bonds. The normalized spacial score (nSPS) is 11.8. The van der Waals surface area contributed by atoms with Crippen LogP contribution in [0, 0.1) is 0 Å². The molecule has 0 atom stereocenters. The van der Waals surface area contributed by atoms with Crippen molar-refractivity contribution in [1.82, 2.24) is 4.31 Å². The third kappa shape index (κ3) is 7.15. The van der Waals surface area contributed by atoms with E-state index in [9.17, 15) is 13.2 Å². The van der Waals surface area contributed by atoms with Crippen molar-refractivity contribution < 1.29 is 13.2 Å². The maximum atomic E-state index is 13.0. The largest absolute Gasteiger partial charge is 0.323 e. The molecule has 5 nitrogen and oxygen atoms in total. The number of benzene rings is 2. The van der Waals surface area contributed by atoms with Gasteiger partial charge in [-0.15, -0.1) is 0 Å². The first kappa shape index (κ1) is 22.8. The lowest BCUT2D eigenvalue weighted by molar-refractivity contribution is -0.111. The first-order chi connectivity index (χ1) is 14.0. The summed E-state index contributed by atoms with van der Waals surface area (Å²) in [5, 5.41) is 2.75. The Bertz CT molecular complexity index is 883. The van der Waals surface area contributed by atoms with Crippen LogP contribution >= 0.6 is 0 Å². The van der Waals surface area contributed by atoms with Crippen LogP contribution in [0.25, 0.3) is 6.08 Å². The van der Waals surface area contributed by atoms with Gasteiger partial charge in [0.2, 0.25) is 15.9 Å². The van der Waals surface area contributed by atoms with Gasteiger partial charge in [0.1, 0.15) is 0 Å². The summed E-state index contributed by atoms with van der Waals surface area (Å²) in [7, 11) is -3.53. The SMILES string of the molecule is CCCCN(CCCC)S(=O)(=O)c1ccc(NC(=O)/C=C/c2ccccc2)cc1. The predicted octanol–water partition coefficient (Wildman–Crippen LogP) is 4.93. The monoisotopic (exact) mass is 414 g/mol. The number of nitrogens with zero attached hydrogens (tertiary/aromatic N) is 1. The highest BCUT2D eigenvalue weighted by Crippen LogP contribution is 2.20. The second-order valence-electron chi connectivity index (χ2n) is 6.87. The van der Waals surface area contributed by atoms with Gasteiger partial charge < -0.3 is 5.32 Å². The Morgan fingerprint density at radius 2 is 1.52 bits per heavy atom. The number of amides is 1. The number of unbranched alkanes of at least 4 members (excludes halogenated alkanes) is 2. The van der Waals surface area contributed by atoms with Crippen LogP contribution in [0.4, 0.5) is 5.69 Å². The highest BCUT2D eigenvalue weighted by Gasteiger charge is 2.23. The standard InChI is InChI=1S/C23H30N2O3S/c1-3-5-18-25(19-6-4-2)29(27,28)22-15-13-21(14-16-22)24-23(26)17-12-20-10-8-7-9-11-20/h7-17H,3-6,18-19H2,1-2H3,(H,24,26)/b17-12+. The first-order valence-corrected chi connectivity index (χ1v) is 11.6. The van der Waals surface area contributed by atoms with Gasteiger partial charge in [-0.1, -0.05) is 57.0 Å². The molecule has 0 aliphatic carbocycles. The lowest BCUT2D eigenvalue weighted by Gasteiger charge is -2.22. The van der Waals surface area contributed by atoms with Crippen LogP contribution in [0.15, 0.2) is 65.6 Å². The lowest BCUT2D eigenvalue weighted by Crippen LogP contribution is -2.33. The summed E-state index contributed by atoms with van der Waals surface area (Å²) in [5.74, 6) is -0.267. The summed E-state index contributed by atoms with van der Waals surface area (Å²) >= 11 is 0. The van der Waals surface area contributed by atoms with E-state index in [1.165, 1.54) is 6.08 Å². The molecule has 0 aromatic heterocycles. The second kappa shape index (κ2) is 11.5. The Morgan fingerprint density at radius 1 is 0.931 bits per heavy atom. The zero-order valence-corrected chi connectivity index (χ0v) is 18.0. The molecule has 156 valence electrons. The summed E-state index contributed by atoms with van der Waals surface area (Å²) in [6.45, 7) is 5.16. The minimum Gasteiger partial charge on any atom is -0.323 e. The fourth-order valence-corrected chi connectivity index (χ4v) is 4.32. The van der Waals surface area contributed by atoms with E-state index in [1.54, 1.807) is 34.6 Å². The van der Waals surface area contributed by atoms with Gasteiger partial charge in [0.05, 0.1) is 4.90 Å². The van der Waals surface area contributed by atoms with Crippen molar-refractivity contribution in [3.63, 3.8) is 0 Å². The van der Waals surface area contributed by atoms with Gasteiger partial charge in [0, 0.05) is 24.9 Å². The first-order valence-electron chi connectivity index (χ1n) is 10.1.